The van der Waals surface area contributed by atoms with Gasteiger partial charge in [-0.1, -0.05) is 70.9 Å². The summed E-state index contributed by atoms with van der Waals surface area (Å²) in [5.74, 6) is 0.648. The lowest BCUT2D eigenvalue weighted by molar-refractivity contribution is -0.138. The second kappa shape index (κ2) is 9.66. The summed E-state index contributed by atoms with van der Waals surface area (Å²) in [6.07, 6.45) is 7.68. The molecule has 3 aromatic rings. The van der Waals surface area contributed by atoms with Gasteiger partial charge in [-0.3, -0.25) is 9.69 Å². The van der Waals surface area contributed by atoms with Gasteiger partial charge in [-0.05, 0) is 49.3 Å². The number of pyridine rings is 1. The van der Waals surface area contributed by atoms with Gasteiger partial charge >= 0.3 is 0 Å². The Bertz CT molecular complexity index is 1210. The first-order valence-electron chi connectivity index (χ1n) is 13.8. The highest BCUT2D eigenvalue weighted by Crippen LogP contribution is 2.40. The number of rotatable bonds is 5. The molecule has 1 amide bonds. The van der Waals surface area contributed by atoms with Crippen molar-refractivity contribution in [3.8, 4) is 11.3 Å². The van der Waals surface area contributed by atoms with Crippen molar-refractivity contribution in [2.24, 2.45) is 5.92 Å². The van der Waals surface area contributed by atoms with E-state index < -0.39 is 0 Å². The number of nitrogens with zero attached hydrogens (tertiary/aromatic N) is 4. The van der Waals surface area contributed by atoms with Crippen LogP contribution in [0.4, 0.5) is 0 Å². The second-order valence-corrected chi connectivity index (χ2v) is 12.0. The molecule has 5 heteroatoms. The van der Waals surface area contributed by atoms with Crippen LogP contribution in [-0.4, -0.2) is 51.3 Å². The maximum Gasteiger partial charge on any atom is 0.225 e. The molecule has 0 N–H and O–H groups in total. The van der Waals surface area contributed by atoms with E-state index in [0.717, 1.165) is 62.3 Å². The normalized spacial score (nSPS) is 19.6. The zero-order valence-corrected chi connectivity index (χ0v) is 22.8. The average Bonchev–Trinajstić information content (AvgIpc) is 3.56. The van der Waals surface area contributed by atoms with E-state index >= 15 is 0 Å². The molecule has 36 heavy (non-hydrogen) atoms. The molecule has 0 radical (unpaired) electrons. The summed E-state index contributed by atoms with van der Waals surface area (Å²) in [5.41, 5.74) is 5.72. The molecule has 1 saturated carbocycles. The molecule has 1 aliphatic carbocycles. The predicted octanol–water partition coefficient (Wildman–Crippen LogP) is 6.26. The maximum absolute atomic E-state index is 13.1. The van der Waals surface area contributed by atoms with Crippen LogP contribution in [0.25, 0.3) is 16.9 Å². The molecule has 1 saturated heterocycles. The Balaban J connectivity index is 1.48. The van der Waals surface area contributed by atoms with Crippen LogP contribution in [0.5, 0.6) is 0 Å². The Morgan fingerprint density at radius 1 is 0.944 bits per heavy atom. The first-order valence-corrected chi connectivity index (χ1v) is 13.8. The summed E-state index contributed by atoms with van der Waals surface area (Å²) in [7, 11) is 0. The molecule has 1 unspecified atom stereocenters. The molecule has 0 spiro atoms. The highest BCUT2D eigenvalue weighted by molar-refractivity contribution is 5.79. The highest BCUT2D eigenvalue weighted by Gasteiger charge is 2.40. The lowest BCUT2D eigenvalue weighted by atomic mass is 9.85. The predicted molar refractivity (Wildman–Crippen MR) is 147 cm³/mol. The summed E-state index contributed by atoms with van der Waals surface area (Å²) in [6, 6.07) is 15.2. The van der Waals surface area contributed by atoms with Crippen LogP contribution in [0.3, 0.4) is 0 Å². The molecule has 5 nitrogen and oxygen atoms in total. The number of piperazine rings is 1. The smallest absolute Gasteiger partial charge is 0.225 e. The summed E-state index contributed by atoms with van der Waals surface area (Å²) in [6.45, 7) is 14.8. The fourth-order valence-electron chi connectivity index (χ4n) is 6.23. The van der Waals surface area contributed by atoms with Crippen LogP contribution in [-0.2, 0) is 15.7 Å². The van der Waals surface area contributed by atoms with Gasteiger partial charge in [0.15, 0.2) is 0 Å². The van der Waals surface area contributed by atoms with Crippen molar-refractivity contribution in [2.45, 2.75) is 77.7 Å². The van der Waals surface area contributed by atoms with E-state index in [1.165, 1.54) is 24.1 Å². The summed E-state index contributed by atoms with van der Waals surface area (Å²) < 4.78 is 2.28. The Morgan fingerprint density at radius 3 is 2.22 bits per heavy atom. The lowest BCUT2D eigenvalue weighted by Gasteiger charge is -2.46. The van der Waals surface area contributed by atoms with Gasteiger partial charge in [0, 0.05) is 43.9 Å². The Labute approximate surface area is 216 Å². The topological polar surface area (TPSA) is 40.9 Å². The number of benzene rings is 1. The number of amides is 1. The molecule has 0 bridgehead atoms. The molecule has 1 aliphatic heterocycles. The molecule has 2 fully saturated rings. The minimum Gasteiger partial charge on any atom is -0.340 e. The Kier molecular flexibility index (Phi) is 6.71. The number of imidazole rings is 1. The summed E-state index contributed by atoms with van der Waals surface area (Å²) in [4.78, 5) is 22.9. The van der Waals surface area contributed by atoms with Crippen molar-refractivity contribution in [1.29, 1.82) is 0 Å². The molecule has 2 aromatic heterocycles. The number of carbonyl (C=O) groups excluding carboxylic acids is 1. The SMILES string of the molecule is CCC(C)(c1c(-c2ccc(C(C)(C)C)cc2)nc2ccccn12)N1CCN(C(=O)C2CCCC2)CC1. The Morgan fingerprint density at radius 2 is 1.61 bits per heavy atom. The van der Waals surface area contributed by atoms with Crippen LogP contribution in [0, 0.1) is 5.92 Å². The number of hydrogen-bond acceptors (Lipinski definition) is 3. The molecule has 2 aliphatic rings. The lowest BCUT2D eigenvalue weighted by Crippen LogP contribution is -2.56. The molecular weight excluding hydrogens is 444 g/mol. The van der Waals surface area contributed by atoms with Gasteiger partial charge in [-0.2, -0.15) is 0 Å². The van der Waals surface area contributed by atoms with Gasteiger partial charge in [-0.25, -0.2) is 4.98 Å². The van der Waals surface area contributed by atoms with Crippen molar-refractivity contribution in [3.05, 3.63) is 59.9 Å². The summed E-state index contributed by atoms with van der Waals surface area (Å²) >= 11 is 0. The zero-order chi connectivity index (χ0) is 25.5. The van der Waals surface area contributed by atoms with Crippen LogP contribution in [0.1, 0.15) is 78.0 Å². The molecular formula is C31H42N4O. The fraction of sp³-hybridized carbons (Fsp3) is 0.548. The van der Waals surface area contributed by atoms with E-state index in [1.807, 2.05) is 0 Å². The first kappa shape index (κ1) is 25.0. The van der Waals surface area contributed by atoms with Crippen molar-refractivity contribution in [2.75, 3.05) is 26.2 Å². The third kappa shape index (κ3) is 4.47. The number of carbonyl (C=O) groups is 1. The van der Waals surface area contributed by atoms with Crippen LogP contribution in [0.2, 0.25) is 0 Å². The van der Waals surface area contributed by atoms with Crippen molar-refractivity contribution in [3.63, 3.8) is 0 Å². The average molecular weight is 487 g/mol. The minimum atomic E-state index is -0.193. The molecule has 3 heterocycles. The van der Waals surface area contributed by atoms with E-state index in [1.54, 1.807) is 0 Å². The minimum absolute atomic E-state index is 0.119. The molecule has 1 atom stereocenters. The summed E-state index contributed by atoms with van der Waals surface area (Å²) in [5, 5.41) is 0. The number of hydrogen-bond donors (Lipinski definition) is 0. The van der Waals surface area contributed by atoms with Crippen LogP contribution >= 0.6 is 0 Å². The van der Waals surface area contributed by atoms with E-state index in [2.05, 4.69) is 97.5 Å². The third-order valence-electron chi connectivity index (χ3n) is 8.75. The van der Waals surface area contributed by atoms with E-state index in [-0.39, 0.29) is 16.9 Å². The van der Waals surface area contributed by atoms with E-state index in [4.69, 9.17) is 4.98 Å². The van der Waals surface area contributed by atoms with Crippen molar-refractivity contribution < 1.29 is 4.79 Å². The molecule has 192 valence electrons. The Hall–Kier alpha value is -2.66. The van der Waals surface area contributed by atoms with Gasteiger partial charge in [-0.15, -0.1) is 0 Å². The van der Waals surface area contributed by atoms with E-state index in [0.29, 0.717) is 5.91 Å². The monoisotopic (exact) mass is 486 g/mol. The molecule has 1 aromatic carbocycles. The number of aromatic nitrogens is 2. The maximum atomic E-state index is 13.1. The third-order valence-corrected chi connectivity index (χ3v) is 8.75. The van der Waals surface area contributed by atoms with Crippen molar-refractivity contribution >= 4 is 11.6 Å². The largest absolute Gasteiger partial charge is 0.340 e. The van der Waals surface area contributed by atoms with Gasteiger partial charge in [0.2, 0.25) is 5.91 Å². The van der Waals surface area contributed by atoms with Crippen LogP contribution < -0.4 is 0 Å². The quantitative estimate of drug-likeness (QED) is 0.427. The van der Waals surface area contributed by atoms with E-state index in [9.17, 15) is 4.79 Å². The standard InChI is InChI=1S/C31H42N4O/c1-6-31(5,34-21-19-33(20-22-34)29(36)24-11-7-8-12-24)28-27(32-26-13-9-10-18-35(26)28)23-14-16-25(17-15-23)30(2,3)4/h9-10,13-18,24H,6-8,11-12,19-22H2,1-5H3. The van der Waals surface area contributed by atoms with Gasteiger partial charge in [0.25, 0.3) is 0 Å². The van der Waals surface area contributed by atoms with Gasteiger partial charge in [0.05, 0.1) is 16.9 Å². The zero-order valence-electron chi connectivity index (χ0n) is 22.8. The fourth-order valence-corrected chi connectivity index (χ4v) is 6.23. The second-order valence-electron chi connectivity index (χ2n) is 12.0. The van der Waals surface area contributed by atoms with Gasteiger partial charge in [0.1, 0.15) is 5.65 Å². The first-order chi connectivity index (χ1) is 17.2. The van der Waals surface area contributed by atoms with Crippen molar-refractivity contribution in [1.82, 2.24) is 19.2 Å². The van der Waals surface area contributed by atoms with Crippen LogP contribution in [0.15, 0.2) is 48.7 Å². The molecule has 5 rings (SSSR count). The van der Waals surface area contributed by atoms with Gasteiger partial charge < -0.3 is 9.30 Å². The highest BCUT2D eigenvalue weighted by atomic mass is 16.2. The number of fused-ring (bicyclic) bond motifs is 1.